The molecule has 1 aromatic heterocycles. The maximum atomic E-state index is 13.2. The van der Waals surface area contributed by atoms with Gasteiger partial charge in [-0.25, -0.2) is 8.42 Å². The minimum absolute atomic E-state index is 0.0187. The standard InChI is InChI=1S/C24H30ClF6N3O4S/c1-4-15(7-6-12-39(3,36)37)14-32-22(35)20-19(25)21(34(5-2)33-20)17-9-8-16(10-11-23(26,27)28)13-18(17)38-24(29,30)31/h8-9,13,15H,4-7,10-12,14H2,1-3H3,(H,32,35)/t15-/m1/s1. The number of rotatable bonds is 13. The molecule has 0 aliphatic heterocycles. The molecule has 2 rings (SSSR count). The van der Waals surface area contributed by atoms with Gasteiger partial charge in [0.25, 0.3) is 5.91 Å². The molecule has 1 amide bonds. The van der Waals surface area contributed by atoms with Crippen LogP contribution in [0.3, 0.4) is 0 Å². The predicted octanol–water partition coefficient (Wildman–Crippen LogP) is 6.20. The fraction of sp³-hybridized carbons (Fsp3) is 0.583. The van der Waals surface area contributed by atoms with Crippen LogP contribution < -0.4 is 10.1 Å². The second-order valence-electron chi connectivity index (χ2n) is 9.08. The van der Waals surface area contributed by atoms with Crippen LogP contribution in [0.25, 0.3) is 11.3 Å². The van der Waals surface area contributed by atoms with Crippen LogP contribution in [-0.4, -0.2) is 55.2 Å². The van der Waals surface area contributed by atoms with Gasteiger partial charge in [-0.15, -0.1) is 13.2 Å². The first-order valence-corrected chi connectivity index (χ1v) is 14.6. The molecule has 39 heavy (non-hydrogen) atoms. The first-order valence-electron chi connectivity index (χ1n) is 12.1. The summed E-state index contributed by atoms with van der Waals surface area (Å²) in [6.45, 7) is 3.80. The maximum Gasteiger partial charge on any atom is 0.573 e. The molecule has 1 heterocycles. The molecule has 0 unspecified atom stereocenters. The summed E-state index contributed by atoms with van der Waals surface area (Å²) in [5.41, 5.74) is -0.549. The molecule has 0 fully saturated rings. The van der Waals surface area contributed by atoms with Crippen LogP contribution in [0.1, 0.15) is 55.6 Å². The normalized spacial score (nSPS) is 13.4. The van der Waals surface area contributed by atoms with E-state index in [0.29, 0.717) is 19.3 Å². The van der Waals surface area contributed by atoms with Crippen LogP contribution >= 0.6 is 11.6 Å². The predicted molar refractivity (Wildman–Crippen MR) is 134 cm³/mol. The van der Waals surface area contributed by atoms with E-state index in [-0.39, 0.29) is 52.3 Å². The zero-order chi connectivity index (χ0) is 29.6. The van der Waals surface area contributed by atoms with Crippen LogP contribution in [0.5, 0.6) is 5.75 Å². The number of nitrogens with zero attached hydrogens (tertiary/aromatic N) is 2. The Morgan fingerprint density at radius 3 is 2.38 bits per heavy atom. The largest absolute Gasteiger partial charge is 0.573 e. The Labute approximate surface area is 227 Å². The minimum Gasteiger partial charge on any atom is -0.405 e. The quantitative estimate of drug-likeness (QED) is 0.275. The molecule has 2 aromatic rings. The van der Waals surface area contributed by atoms with Crippen LogP contribution in [0.2, 0.25) is 5.02 Å². The van der Waals surface area contributed by atoms with Crippen molar-refractivity contribution in [1.29, 1.82) is 0 Å². The molecule has 1 atom stereocenters. The summed E-state index contributed by atoms with van der Waals surface area (Å²) in [7, 11) is -3.12. The summed E-state index contributed by atoms with van der Waals surface area (Å²) in [5.74, 6) is -1.47. The number of aryl methyl sites for hydroxylation is 2. The molecule has 0 saturated heterocycles. The lowest BCUT2D eigenvalue weighted by atomic mass is 10.0. The molecule has 15 heteroatoms. The second kappa shape index (κ2) is 13.2. The van der Waals surface area contributed by atoms with Crippen molar-refractivity contribution in [2.75, 3.05) is 18.6 Å². The number of nitrogens with one attached hydrogen (secondary N) is 1. The maximum absolute atomic E-state index is 13.2. The average Bonchev–Trinajstić information content (AvgIpc) is 3.13. The number of hydrogen-bond acceptors (Lipinski definition) is 5. The Balaban J connectivity index is 2.35. The highest BCUT2D eigenvalue weighted by Gasteiger charge is 2.34. The Morgan fingerprint density at radius 2 is 1.85 bits per heavy atom. The van der Waals surface area contributed by atoms with Crippen LogP contribution in [0.15, 0.2) is 18.2 Å². The summed E-state index contributed by atoms with van der Waals surface area (Å²) in [6.07, 6.45) is -8.67. The third-order valence-corrected chi connectivity index (χ3v) is 7.28. The van der Waals surface area contributed by atoms with E-state index in [9.17, 15) is 39.6 Å². The minimum atomic E-state index is -5.15. The van der Waals surface area contributed by atoms with Gasteiger partial charge in [-0.1, -0.05) is 31.0 Å². The van der Waals surface area contributed by atoms with Gasteiger partial charge >= 0.3 is 12.5 Å². The van der Waals surface area contributed by atoms with E-state index >= 15 is 0 Å². The Kier molecular flexibility index (Phi) is 11.1. The second-order valence-corrected chi connectivity index (χ2v) is 11.7. The van der Waals surface area contributed by atoms with Crippen LogP contribution in [-0.2, 0) is 22.8 Å². The molecule has 220 valence electrons. The molecule has 0 radical (unpaired) electrons. The molecule has 0 spiro atoms. The highest BCUT2D eigenvalue weighted by atomic mass is 35.5. The SMILES string of the molecule is CC[C@H](CCCS(C)(=O)=O)CNC(=O)c1nn(CC)c(-c2ccc(CCC(F)(F)F)cc2OC(F)(F)F)c1Cl. The van der Waals surface area contributed by atoms with E-state index in [2.05, 4.69) is 15.2 Å². The number of alkyl halides is 6. The van der Waals surface area contributed by atoms with Crippen molar-refractivity contribution < 1.29 is 44.3 Å². The van der Waals surface area contributed by atoms with E-state index in [1.165, 1.54) is 10.7 Å². The van der Waals surface area contributed by atoms with Crippen molar-refractivity contribution in [2.45, 2.75) is 65.0 Å². The molecule has 0 bridgehead atoms. The van der Waals surface area contributed by atoms with E-state index in [1.807, 2.05) is 6.92 Å². The lowest BCUT2D eigenvalue weighted by Crippen LogP contribution is -2.30. The highest BCUT2D eigenvalue weighted by Crippen LogP contribution is 2.40. The number of aromatic nitrogens is 2. The number of carbonyl (C=O) groups excluding carboxylic acids is 1. The van der Waals surface area contributed by atoms with Gasteiger partial charge in [-0.2, -0.15) is 18.3 Å². The molecule has 1 aromatic carbocycles. The van der Waals surface area contributed by atoms with Crippen molar-refractivity contribution >= 4 is 27.3 Å². The van der Waals surface area contributed by atoms with Gasteiger partial charge in [0.15, 0.2) is 5.69 Å². The fourth-order valence-corrected chi connectivity index (χ4v) is 4.90. The van der Waals surface area contributed by atoms with Gasteiger partial charge in [-0.3, -0.25) is 9.48 Å². The number of benzene rings is 1. The van der Waals surface area contributed by atoms with Crippen molar-refractivity contribution in [3.63, 3.8) is 0 Å². The summed E-state index contributed by atoms with van der Waals surface area (Å²) in [6, 6.07) is 3.24. The van der Waals surface area contributed by atoms with E-state index in [1.54, 1.807) is 6.92 Å². The van der Waals surface area contributed by atoms with E-state index in [0.717, 1.165) is 18.4 Å². The third-order valence-electron chi connectivity index (χ3n) is 5.89. The Hall–Kier alpha value is -2.48. The molecular weight excluding hydrogens is 576 g/mol. The van der Waals surface area contributed by atoms with Crippen molar-refractivity contribution in [2.24, 2.45) is 5.92 Å². The molecular formula is C24H30ClF6N3O4S. The zero-order valence-corrected chi connectivity index (χ0v) is 23.1. The number of hydrogen-bond donors (Lipinski definition) is 1. The number of carbonyl (C=O) groups is 1. The Bertz CT molecular complexity index is 1250. The fourth-order valence-electron chi connectivity index (χ4n) is 3.89. The number of ether oxygens (including phenoxy) is 1. The smallest absolute Gasteiger partial charge is 0.405 e. The van der Waals surface area contributed by atoms with E-state index < -0.39 is 46.9 Å². The summed E-state index contributed by atoms with van der Waals surface area (Å²) in [5, 5.41) is 6.57. The lowest BCUT2D eigenvalue weighted by Gasteiger charge is -2.16. The number of halogens is 7. The van der Waals surface area contributed by atoms with Crippen LogP contribution in [0.4, 0.5) is 26.3 Å². The third kappa shape index (κ3) is 10.5. The van der Waals surface area contributed by atoms with Crippen molar-refractivity contribution in [3.8, 4) is 17.0 Å². The molecule has 7 nitrogen and oxygen atoms in total. The molecule has 0 aliphatic rings. The van der Waals surface area contributed by atoms with Crippen molar-refractivity contribution in [1.82, 2.24) is 15.1 Å². The highest BCUT2D eigenvalue weighted by molar-refractivity contribution is 7.90. The topological polar surface area (TPSA) is 90.3 Å². The summed E-state index contributed by atoms with van der Waals surface area (Å²) >= 11 is 6.43. The van der Waals surface area contributed by atoms with Gasteiger partial charge in [0, 0.05) is 37.1 Å². The molecule has 0 saturated carbocycles. The first-order chi connectivity index (χ1) is 17.9. The Morgan fingerprint density at radius 1 is 1.18 bits per heavy atom. The first kappa shape index (κ1) is 32.7. The van der Waals surface area contributed by atoms with Crippen LogP contribution in [0, 0.1) is 5.92 Å². The van der Waals surface area contributed by atoms with Crippen molar-refractivity contribution in [3.05, 3.63) is 34.5 Å². The number of amides is 1. The monoisotopic (exact) mass is 605 g/mol. The summed E-state index contributed by atoms with van der Waals surface area (Å²) in [4.78, 5) is 12.9. The molecule has 1 N–H and O–H groups in total. The van der Waals surface area contributed by atoms with Gasteiger partial charge in [0.2, 0.25) is 0 Å². The van der Waals surface area contributed by atoms with Gasteiger partial charge < -0.3 is 10.1 Å². The van der Waals surface area contributed by atoms with Gasteiger partial charge in [0.1, 0.15) is 15.6 Å². The lowest BCUT2D eigenvalue weighted by molar-refractivity contribution is -0.274. The molecule has 0 aliphatic carbocycles. The van der Waals surface area contributed by atoms with E-state index in [4.69, 9.17) is 11.6 Å². The average molecular weight is 606 g/mol. The summed E-state index contributed by atoms with van der Waals surface area (Å²) < 4.78 is 105. The van der Waals surface area contributed by atoms with Gasteiger partial charge in [-0.05, 0) is 49.8 Å². The van der Waals surface area contributed by atoms with Gasteiger partial charge in [0.05, 0.1) is 10.7 Å². The number of sulfone groups is 1. The zero-order valence-electron chi connectivity index (χ0n) is 21.5.